The number of carbonyl (C=O) groups is 1. The van der Waals surface area contributed by atoms with Crippen LogP contribution in [0.25, 0.3) is 11.4 Å². The molecule has 8 heteroatoms. The van der Waals surface area contributed by atoms with Gasteiger partial charge in [0.25, 0.3) is 0 Å². The highest BCUT2D eigenvalue weighted by Crippen LogP contribution is 2.31. The number of carbonyl (C=O) groups excluding carboxylic acids is 1. The molecule has 0 bridgehead atoms. The molecule has 1 saturated heterocycles. The number of rotatable bonds is 5. The minimum absolute atomic E-state index is 0.0682. The second-order valence-corrected chi connectivity index (χ2v) is 7.09. The van der Waals surface area contributed by atoms with E-state index in [2.05, 4.69) is 10.1 Å². The fourth-order valence-corrected chi connectivity index (χ4v) is 3.72. The Balaban J connectivity index is 1.49. The number of nitrogens with zero attached hydrogens (tertiary/aromatic N) is 3. The van der Waals surface area contributed by atoms with Gasteiger partial charge in [-0.05, 0) is 29.6 Å². The topological polar surface area (TPSA) is 68.5 Å². The van der Waals surface area contributed by atoms with Crippen molar-refractivity contribution >= 4 is 17.2 Å². The Morgan fingerprint density at radius 1 is 1.42 bits per heavy atom. The van der Waals surface area contributed by atoms with Crippen molar-refractivity contribution in [1.82, 2.24) is 15.0 Å². The van der Waals surface area contributed by atoms with E-state index in [1.807, 2.05) is 17.5 Å². The van der Waals surface area contributed by atoms with Crippen molar-refractivity contribution in [3.63, 3.8) is 0 Å². The molecule has 0 aliphatic carbocycles. The molecule has 1 amide bonds. The van der Waals surface area contributed by atoms with Crippen molar-refractivity contribution in [2.45, 2.75) is 18.9 Å². The number of thiophene rings is 1. The van der Waals surface area contributed by atoms with Crippen molar-refractivity contribution in [3.05, 3.63) is 52.3 Å². The number of methoxy groups -OCH3 is 1. The van der Waals surface area contributed by atoms with Crippen LogP contribution in [0, 0.1) is 5.82 Å². The molecule has 1 aromatic carbocycles. The number of aromatic nitrogens is 2. The maximum absolute atomic E-state index is 13.9. The van der Waals surface area contributed by atoms with Crippen molar-refractivity contribution in [3.8, 4) is 17.1 Å². The highest BCUT2D eigenvalue weighted by Gasteiger charge is 2.34. The van der Waals surface area contributed by atoms with Crippen LogP contribution in [0.3, 0.4) is 0 Å². The third-order valence-electron chi connectivity index (χ3n) is 4.34. The quantitative estimate of drug-likeness (QED) is 0.685. The van der Waals surface area contributed by atoms with Crippen LogP contribution in [0.15, 0.2) is 40.2 Å². The minimum Gasteiger partial charge on any atom is -0.494 e. The summed E-state index contributed by atoms with van der Waals surface area (Å²) in [7, 11) is 1.41. The molecule has 0 spiro atoms. The molecule has 0 N–H and O–H groups in total. The molecule has 3 heterocycles. The Hall–Kier alpha value is -2.74. The molecule has 1 fully saturated rings. The molecule has 1 aliphatic rings. The number of likely N-dealkylation sites (tertiary alicyclic amines) is 1. The van der Waals surface area contributed by atoms with Gasteiger partial charge in [-0.1, -0.05) is 11.2 Å². The Labute approximate surface area is 153 Å². The Bertz CT molecular complexity index is 926. The number of ether oxygens (including phenoxy) is 1. The minimum atomic E-state index is -0.491. The Kier molecular flexibility index (Phi) is 4.42. The van der Waals surface area contributed by atoms with Crippen LogP contribution in [0.4, 0.5) is 4.39 Å². The van der Waals surface area contributed by atoms with Crippen molar-refractivity contribution in [1.29, 1.82) is 0 Å². The summed E-state index contributed by atoms with van der Waals surface area (Å²) < 4.78 is 24.1. The summed E-state index contributed by atoms with van der Waals surface area (Å²) in [6, 6.07) is 8.46. The maximum atomic E-state index is 13.9. The van der Waals surface area contributed by atoms with E-state index in [4.69, 9.17) is 9.26 Å². The number of halogens is 1. The van der Waals surface area contributed by atoms with Gasteiger partial charge in [-0.2, -0.15) is 4.98 Å². The second-order valence-electron chi connectivity index (χ2n) is 6.06. The van der Waals surface area contributed by atoms with Gasteiger partial charge in [-0.25, -0.2) is 4.39 Å². The van der Waals surface area contributed by atoms with Crippen molar-refractivity contribution in [2.24, 2.45) is 0 Å². The first-order valence-corrected chi connectivity index (χ1v) is 8.99. The van der Waals surface area contributed by atoms with E-state index in [0.717, 1.165) is 4.88 Å². The van der Waals surface area contributed by atoms with E-state index in [-0.39, 0.29) is 17.6 Å². The van der Waals surface area contributed by atoms with Crippen LogP contribution in [0.1, 0.15) is 23.1 Å². The molecule has 2 aromatic heterocycles. The average Bonchev–Trinajstić information content (AvgIpc) is 3.37. The predicted molar refractivity (Wildman–Crippen MR) is 93.3 cm³/mol. The SMILES string of the molecule is COc1ccc(-c2noc(C3CC(=O)N(Cc4cccs4)C3)n2)cc1F. The zero-order valence-corrected chi connectivity index (χ0v) is 14.8. The smallest absolute Gasteiger partial charge is 0.232 e. The lowest BCUT2D eigenvalue weighted by Gasteiger charge is -2.14. The third-order valence-corrected chi connectivity index (χ3v) is 5.20. The summed E-state index contributed by atoms with van der Waals surface area (Å²) >= 11 is 1.62. The lowest BCUT2D eigenvalue weighted by Crippen LogP contribution is -2.23. The monoisotopic (exact) mass is 373 g/mol. The molecule has 3 aromatic rings. The molecule has 26 heavy (non-hydrogen) atoms. The lowest BCUT2D eigenvalue weighted by atomic mass is 10.1. The van der Waals surface area contributed by atoms with Crippen LogP contribution >= 0.6 is 11.3 Å². The summed E-state index contributed by atoms with van der Waals surface area (Å²) in [5.41, 5.74) is 0.498. The van der Waals surface area contributed by atoms with Gasteiger partial charge in [0, 0.05) is 23.4 Å². The first kappa shape index (κ1) is 16.7. The first-order valence-electron chi connectivity index (χ1n) is 8.11. The average molecular weight is 373 g/mol. The lowest BCUT2D eigenvalue weighted by molar-refractivity contribution is -0.128. The molecule has 1 aliphatic heterocycles. The van der Waals surface area contributed by atoms with Gasteiger partial charge in [0.1, 0.15) is 0 Å². The fourth-order valence-electron chi connectivity index (χ4n) is 3.00. The Morgan fingerprint density at radius 3 is 3.04 bits per heavy atom. The Morgan fingerprint density at radius 2 is 2.31 bits per heavy atom. The molecule has 1 atom stereocenters. The van der Waals surface area contributed by atoms with Crippen molar-refractivity contribution in [2.75, 3.05) is 13.7 Å². The van der Waals surface area contributed by atoms with Gasteiger partial charge in [0.2, 0.25) is 17.6 Å². The molecule has 4 rings (SSSR count). The van der Waals surface area contributed by atoms with E-state index < -0.39 is 5.82 Å². The van der Waals surface area contributed by atoms with Gasteiger partial charge in [-0.15, -0.1) is 11.3 Å². The molecule has 134 valence electrons. The molecule has 0 radical (unpaired) electrons. The number of benzene rings is 1. The second kappa shape index (κ2) is 6.87. The zero-order chi connectivity index (χ0) is 18.1. The number of hydrogen-bond donors (Lipinski definition) is 0. The van der Waals surface area contributed by atoms with Crippen molar-refractivity contribution < 1.29 is 18.4 Å². The van der Waals surface area contributed by atoms with Crippen LogP contribution in [-0.2, 0) is 11.3 Å². The molecule has 1 unspecified atom stereocenters. The standard InChI is InChI=1S/C18H16FN3O3S/c1-24-15-5-4-11(7-14(15)19)17-20-18(25-21-17)12-8-16(23)22(9-12)10-13-3-2-6-26-13/h2-7,12H,8-10H2,1H3. The maximum Gasteiger partial charge on any atom is 0.232 e. The summed E-state index contributed by atoms with van der Waals surface area (Å²) in [6.07, 6.45) is 0.337. The van der Waals surface area contributed by atoms with Crippen LogP contribution < -0.4 is 4.74 Å². The molecular weight excluding hydrogens is 357 g/mol. The van der Waals surface area contributed by atoms with Crippen LogP contribution in [0.2, 0.25) is 0 Å². The third kappa shape index (κ3) is 3.20. The fraction of sp³-hybridized carbons (Fsp3) is 0.278. The predicted octanol–water partition coefficient (Wildman–Crippen LogP) is 3.46. The summed E-state index contributed by atoms with van der Waals surface area (Å²) in [4.78, 5) is 19.6. The highest BCUT2D eigenvalue weighted by molar-refractivity contribution is 7.09. The highest BCUT2D eigenvalue weighted by atomic mass is 32.1. The normalized spacial score (nSPS) is 17.1. The van der Waals surface area contributed by atoms with Gasteiger partial charge in [-0.3, -0.25) is 4.79 Å². The molecular formula is C18H16FN3O3S. The van der Waals surface area contributed by atoms with Gasteiger partial charge in [0.05, 0.1) is 19.6 Å². The van der Waals surface area contributed by atoms with Crippen LogP contribution in [0.5, 0.6) is 5.75 Å². The van der Waals surface area contributed by atoms with Gasteiger partial charge >= 0.3 is 0 Å². The largest absolute Gasteiger partial charge is 0.494 e. The van der Waals surface area contributed by atoms with E-state index in [1.54, 1.807) is 22.3 Å². The van der Waals surface area contributed by atoms with E-state index in [1.165, 1.54) is 19.2 Å². The van der Waals surface area contributed by atoms with E-state index in [9.17, 15) is 9.18 Å². The first-order chi connectivity index (χ1) is 12.6. The summed E-state index contributed by atoms with van der Waals surface area (Å²) in [5, 5.41) is 5.92. The molecule has 6 nitrogen and oxygen atoms in total. The summed E-state index contributed by atoms with van der Waals surface area (Å²) in [6.45, 7) is 1.13. The summed E-state index contributed by atoms with van der Waals surface area (Å²) in [5.74, 6) is 0.284. The van der Waals surface area contributed by atoms with E-state index >= 15 is 0 Å². The number of hydrogen-bond acceptors (Lipinski definition) is 6. The molecule has 0 saturated carbocycles. The van der Waals surface area contributed by atoms with Gasteiger partial charge < -0.3 is 14.2 Å². The number of amides is 1. The zero-order valence-electron chi connectivity index (χ0n) is 14.0. The van der Waals surface area contributed by atoms with Gasteiger partial charge in [0.15, 0.2) is 11.6 Å². The van der Waals surface area contributed by atoms with Crippen LogP contribution in [-0.4, -0.2) is 34.6 Å². The van der Waals surface area contributed by atoms with E-state index in [0.29, 0.717) is 36.8 Å².